The Morgan fingerprint density at radius 1 is 1.15 bits per heavy atom. The third kappa shape index (κ3) is 2.97. The van der Waals surface area contributed by atoms with Gasteiger partial charge in [-0.15, -0.1) is 0 Å². The first-order valence-corrected chi connectivity index (χ1v) is 6.47. The summed E-state index contributed by atoms with van der Waals surface area (Å²) >= 11 is 3.29. The van der Waals surface area contributed by atoms with E-state index in [1.165, 1.54) is 18.2 Å². The Morgan fingerprint density at radius 2 is 1.85 bits per heavy atom. The van der Waals surface area contributed by atoms with E-state index in [-0.39, 0.29) is 17.2 Å². The fourth-order valence-corrected chi connectivity index (χ4v) is 2.11. The number of aromatic carboxylic acids is 1. The molecule has 4 N–H and O–H groups in total. The van der Waals surface area contributed by atoms with Crippen molar-refractivity contribution in [2.75, 3.05) is 11.1 Å². The first-order valence-electron chi connectivity index (χ1n) is 5.67. The van der Waals surface area contributed by atoms with Gasteiger partial charge in [0.05, 0.1) is 22.5 Å². The number of carboxylic acids is 1. The summed E-state index contributed by atoms with van der Waals surface area (Å²) < 4.78 is 0.665. The number of rotatable bonds is 3. The monoisotopic (exact) mass is 334 g/mol. The molecule has 102 valence electrons. The molecule has 0 saturated carbocycles. The highest BCUT2D eigenvalue weighted by atomic mass is 79.9. The number of carboxylic acid groups (broad SMARTS) is 1. The Bertz CT molecular complexity index is 686. The van der Waals surface area contributed by atoms with E-state index in [1.807, 2.05) is 0 Å². The van der Waals surface area contributed by atoms with Gasteiger partial charge in [0, 0.05) is 4.47 Å². The smallest absolute Gasteiger partial charge is 0.335 e. The molecule has 0 radical (unpaired) electrons. The van der Waals surface area contributed by atoms with Crippen molar-refractivity contribution in [3.8, 4) is 0 Å². The molecule has 2 rings (SSSR count). The maximum absolute atomic E-state index is 12.1. The molecule has 2 aromatic rings. The number of carbonyl (C=O) groups excluding carboxylic acids is 1. The molecule has 0 bridgehead atoms. The molecule has 0 atom stereocenters. The van der Waals surface area contributed by atoms with Crippen LogP contribution in [0.3, 0.4) is 0 Å². The molecule has 20 heavy (non-hydrogen) atoms. The number of anilines is 2. The summed E-state index contributed by atoms with van der Waals surface area (Å²) in [5, 5.41) is 11.5. The maximum Gasteiger partial charge on any atom is 0.335 e. The van der Waals surface area contributed by atoms with Crippen molar-refractivity contribution >= 4 is 39.2 Å². The summed E-state index contributed by atoms with van der Waals surface area (Å²) in [6, 6.07) is 11.1. The molecule has 0 unspecified atom stereocenters. The topological polar surface area (TPSA) is 92.4 Å². The average molecular weight is 335 g/mol. The molecular weight excluding hydrogens is 324 g/mol. The zero-order valence-electron chi connectivity index (χ0n) is 10.3. The van der Waals surface area contributed by atoms with Crippen molar-refractivity contribution in [3.63, 3.8) is 0 Å². The zero-order chi connectivity index (χ0) is 14.7. The molecule has 0 aliphatic carbocycles. The van der Waals surface area contributed by atoms with Crippen LogP contribution in [0.2, 0.25) is 0 Å². The summed E-state index contributed by atoms with van der Waals surface area (Å²) in [6.45, 7) is 0. The summed E-state index contributed by atoms with van der Waals surface area (Å²) in [5.41, 5.74) is 6.84. The van der Waals surface area contributed by atoms with E-state index in [4.69, 9.17) is 10.8 Å². The summed E-state index contributed by atoms with van der Waals surface area (Å²) in [4.78, 5) is 22.9. The number of amides is 1. The largest absolute Gasteiger partial charge is 0.478 e. The predicted octanol–water partition coefficient (Wildman–Crippen LogP) is 2.98. The molecule has 0 aromatic heterocycles. The molecule has 2 aromatic carbocycles. The number of nitrogens with one attached hydrogen (secondary N) is 1. The third-order valence-electron chi connectivity index (χ3n) is 2.67. The van der Waals surface area contributed by atoms with Gasteiger partial charge in [-0.05, 0) is 46.3 Å². The van der Waals surface area contributed by atoms with Gasteiger partial charge >= 0.3 is 5.97 Å². The van der Waals surface area contributed by atoms with E-state index in [9.17, 15) is 9.59 Å². The second-order valence-electron chi connectivity index (χ2n) is 4.04. The van der Waals surface area contributed by atoms with Gasteiger partial charge in [0.15, 0.2) is 0 Å². The number of carbonyl (C=O) groups is 2. The van der Waals surface area contributed by atoms with Crippen LogP contribution in [0.1, 0.15) is 20.7 Å². The first-order chi connectivity index (χ1) is 9.49. The molecule has 0 spiro atoms. The van der Waals surface area contributed by atoms with Crippen LogP contribution < -0.4 is 11.1 Å². The number of hydrogen-bond donors (Lipinski definition) is 3. The van der Waals surface area contributed by atoms with Crippen LogP contribution in [0.5, 0.6) is 0 Å². The van der Waals surface area contributed by atoms with Crippen LogP contribution >= 0.6 is 15.9 Å². The SMILES string of the molecule is Nc1cc(C(=O)O)ccc1NC(=O)c1ccccc1Br. The van der Waals surface area contributed by atoms with Gasteiger partial charge in [-0.2, -0.15) is 0 Å². The van der Waals surface area contributed by atoms with Crippen LogP contribution in [-0.2, 0) is 0 Å². The van der Waals surface area contributed by atoms with Crippen molar-refractivity contribution in [3.05, 3.63) is 58.1 Å². The average Bonchev–Trinajstić information content (AvgIpc) is 2.41. The lowest BCUT2D eigenvalue weighted by molar-refractivity contribution is 0.0697. The minimum atomic E-state index is -1.07. The molecule has 6 heteroatoms. The van der Waals surface area contributed by atoms with Crippen molar-refractivity contribution in [1.29, 1.82) is 0 Å². The van der Waals surface area contributed by atoms with Gasteiger partial charge in [0.25, 0.3) is 5.91 Å². The van der Waals surface area contributed by atoms with Crippen LogP contribution in [0.4, 0.5) is 11.4 Å². The van der Waals surface area contributed by atoms with E-state index >= 15 is 0 Å². The van der Waals surface area contributed by atoms with Gasteiger partial charge in [-0.3, -0.25) is 4.79 Å². The molecule has 0 fully saturated rings. The maximum atomic E-state index is 12.1. The molecular formula is C14H11BrN2O3. The Morgan fingerprint density at radius 3 is 2.45 bits per heavy atom. The third-order valence-corrected chi connectivity index (χ3v) is 3.36. The Kier molecular flexibility index (Phi) is 4.05. The highest BCUT2D eigenvalue weighted by Gasteiger charge is 2.12. The van der Waals surface area contributed by atoms with E-state index in [0.717, 1.165) is 0 Å². The minimum Gasteiger partial charge on any atom is -0.478 e. The van der Waals surface area contributed by atoms with Crippen LogP contribution in [0.25, 0.3) is 0 Å². The minimum absolute atomic E-state index is 0.0707. The highest BCUT2D eigenvalue weighted by Crippen LogP contribution is 2.22. The summed E-state index contributed by atoms with van der Waals surface area (Å²) in [7, 11) is 0. The predicted molar refractivity (Wildman–Crippen MR) is 79.9 cm³/mol. The number of hydrogen-bond acceptors (Lipinski definition) is 3. The molecule has 5 nitrogen and oxygen atoms in total. The number of benzene rings is 2. The van der Waals surface area contributed by atoms with Crippen molar-refractivity contribution < 1.29 is 14.7 Å². The fourth-order valence-electron chi connectivity index (χ4n) is 1.64. The van der Waals surface area contributed by atoms with Crippen molar-refractivity contribution in [2.24, 2.45) is 0 Å². The quantitative estimate of drug-likeness (QED) is 0.752. The van der Waals surface area contributed by atoms with E-state index in [0.29, 0.717) is 15.7 Å². The van der Waals surface area contributed by atoms with Gasteiger partial charge in [0.2, 0.25) is 0 Å². The highest BCUT2D eigenvalue weighted by molar-refractivity contribution is 9.10. The lowest BCUT2D eigenvalue weighted by Gasteiger charge is -2.09. The lowest BCUT2D eigenvalue weighted by atomic mass is 10.1. The number of nitrogen functional groups attached to an aromatic ring is 1. The van der Waals surface area contributed by atoms with Crippen molar-refractivity contribution in [1.82, 2.24) is 0 Å². The van der Waals surface area contributed by atoms with Crippen LogP contribution in [-0.4, -0.2) is 17.0 Å². The Hall–Kier alpha value is -2.34. The van der Waals surface area contributed by atoms with Gasteiger partial charge in [-0.25, -0.2) is 4.79 Å². The van der Waals surface area contributed by atoms with E-state index in [1.54, 1.807) is 24.3 Å². The second kappa shape index (κ2) is 5.75. The zero-order valence-corrected chi connectivity index (χ0v) is 11.8. The standard InChI is InChI=1S/C14H11BrN2O3/c15-10-4-2-1-3-9(10)13(18)17-12-6-5-8(14(19)20)7-11(12)16/h1-7H,16H2,(H,17,18)(H,19,20). The number of nitrogens with two attached hydrogens (primary N) is 1. The van der Waals surface area contributed by atoms with Crippen LogP contribution in [0, 0.1) is 0 Å². The Labute approximate surface area is 123 Å². The molecule has 0 heterocycles. The fraction of sp³-hybridized carbons (Fsp3) is 0. The van der Waals surface area contributed by atoms with Crippen molar-refractivity contribution in [2.45, 2.75) is 0 Å². The van der Waals surface area contributed by atoms with Crippen LogP contribution in [0.15, 0.2) is 46.9 Å². The van der Waals surface area contributed by atoms with Gasteiger partial charge in [0.1, 0.15) is 0 Å². The second-order valence-corrected chi connectivity index (χ2v) is 4.90. The summed E-state index contributed by atoms with van der Waals surface area (Å²) in [6.07, 6.45) is 0. The van der Waals surface area contributed by atoms with Gasteiger partial charge in [-0.1, -0.05) is 12.1 Å². The van der Waals surface area contributed by atoms with E-state index in [2.05, 4.69) is 21.2 Å². The Balaban J connectivity index is 2.25. The first kappa shape index (κ1) is 14.1. The molecule has 0 saturated heterocycles. The number of halogens is 1. The lowest BCUT2D eigenvalue weighted by Crippen LogP contribution is -2.14. The molecule has 0 aliphatic rings. The van der Waals surface area contributed by atoms with E-state index < -0.39 is 5.97 Å². The molecule has 0 aliphatic heterocycles. The normalized spacial score (nSPS) is 10.1. The van der Waals surface area contributed by atoms with Gasteiger partial charge < -0.3 is 16.2 Å². The summed E-state index contributed by atoms with van der Waals surface area (Å²) in [5.74, 6) is -1.40. The molecule has 1 amide bonds.